The molecule has 2 rings (SSSR count). The molecule has 0 fully saturated rings. The fourth-order valence-corrected chi connectivity index (χ4v) is 2.34. The predicted molar refractivity (Wildman–Crippen MR) is 94.0 cm³/mol. The lowest BCUT2D eigenvalue weighted by Crippen LogP contribution is -2.46. The van der Waals surface area contributed by atoms with Gasteiger partial charge in [-0.3, -0.25) is 4.79 Å². The van der Waals surface area contributed by atoms with E-state index >= 15 is 0 Å². The number of aliphatic imine (C=N–C) groups is 1. The minimum absolute atomic E-state index is 0.271. The van der Waals surface area contributed by atoms with Gasteiger partial charge in [-0.2, -0.15) is 13.2 Å². The number of alkyl halides is 3. The molecule has 150 valence electrons. The van der Waals surface area contributed by atoms with Crippen molar-refractivity contribution < 1.29 is 27.4 Å². The maximum atomic E-state index is 12.3. The van der Waals surface area contributed by atoms with E-state index in [1.165, 1.54) is 0 Å². The van der Waals surface area contributed by atoms with Crippen molar-refractivity contribution in [3.63, 3.8) is 0 Å². The molecule has 0 radical (unpaired) electrons. The molecule has 1 amide bonds. The van der Waals surface area contributed by atoms with Gasteiger partial charge in [0.25, 0.3) is 0 Å². The number of nitrogens with zero attached hydrogens (tertiary/aromatic N) is 2. The Kier molecular flexibility index (Phi) is 7.14. The van der Waals surface area contributed by atoms with Crippen molar-refractivity contribution in [3.05, 3.63) is 24.3 Å². The molecule has 0 spiro atoms. The molecule has 10 heteroatoms. The number of para-hydroxylation sites is 2. The van der Waals surface area contributed by atoms with Crippen molar-refractivity contribution in [1.82, 2.24) is 15.5 Å². The minimum atomic E-state index is -4.44. The third-order valence-electron chi connectivity index (χ3n) is 3.62. The molecule has 1 unspecified atom stereocenters. The van der Waals surface area contributed by atoms with Gasteiger partial charge in [0.2, 0.25) is 5.91 Å². The van der Waals surface area contributed by atoms with Crippen molar-refractivity contribution in [3.8, 4) is 11.5 Å². The number of guanidine groups is 1. The van der Waals surface area contributed by atoms with Crippen LogP contribution in [0.25, 0.3) is 0 Å². The van der Waals surface area contributed by atoms with Crippen LogP contribution in [0.2, 0.25) is 0 Å². The molecule has 0 aromatic heterocycles. The monoisotopic (exact) mass is 388 g/mol. The summed E-state index contributed by atoms with van der Waals surface area (Å²) in [6, 6.07) is 7.31. The van der Waals surface area contributed by atoms with Crippen LogP contribution in [0.5, 0.6) is 11.5 Å². The Hall–Kier alpha value is -2.65. The number of rotatable bonds is 6. The molecule has 2 N–H and O–H groups in total. The van der Waals surface area contributed by atoms with Crippen LogP contribution >= 0.6 is 0 Å². The van der Waals surface area contributed by atoms with Crippen molar-refractivity contribution in [2.24, 2.45) is 4.99 Å². The number of benzene rings is 1. The number of likely N-dealkylation sites (N-methyl/N-ethyl adjacent to an activating group) is 1. The molecular formula is C17H23F3N4O3. The summed E-state index contributed by atoms with van der Waals surface area (Å²) in [6.45, 7) is 1.36. The van der Waals surface area contributed by atoms with Crippen LogP contribution in [0.1, 0.15) is 6.92 Å². The highest BCUT2D eigenvalue weighted by atomic mass is 19.4. The summed E-state index contributed by atoms with van der Waals surface area (Å²) in [7, 11) is 1.09. The molecule has 1 heterocycles. The van der Waals surface area contributed by atoms with Crippen LogP contribution in [-0.4, -0.2) is 68.9 Å². The second-order valence-corrected chi connectivity index (χ2v) is 5.94. The minimum Gasteiger partial charge on any atom is -0.486 e. The van der Waals surface area contributed by atoms with Crippen LogP contribution in [0.4, 0.5) is 13.2 Å². The van der Waals surface area contributed by atoms with E-state index in [1.54, 1.807) is 6.07 Å². The topological polar surface area (TPSA) is 75.2 Å². The summed E-state index contributed by atoms with van der Waals surface area (Å²) < 4.78 is 48.4. The van der Waals surface area contributed by atoms with Gasteiger partial charge in [0.1, 0.15) is 25.8 Å². The van der Waals surface area contributed by atoms with Gasteiger partial charge in [0, 0.05) is 13.6 Å². The van der Waals surface area contributed by atoms with E-state index in [4.69, 9.17) is 9.47 Å². The zero-order valence-corrected chi connectivity index (χ0v) is 15.2. The quantitative estimate of drug-likeness (QED) is 0.569. The Bertz CT molecular complexity index is 667. The zero-order chi connectivity index (χ0) is 19.9. The first-order chi connectivity index (χ1) is 12.8. The molecule has 0 saturated heterocycles. The highest BCUT2D eigenvalue weighted by molar-refractivity contribution is 5.84. The fourth-order valence-electron chi connectivity index (χ4n) is 2.34. The number of carbonyl (C=O) groups is 1. The van der Waals surface area contributed by atoms with E-state index in [0.29, 0.717) is 42.1 Å². The first-order valence-corrected chi connectivity index (χ1v) is 8.50. The summed E-state index contributed by atoms with van der Waals surface area (Å²) in [4.78, 5) is 16.4. The number of carbonyl (C=O) groups excluding carboxylic acids is 1. The molecule has 27 heavy (non-hydrogen) atoms. The zero-order valence-electron chi connectivity index (χ0n) is 15.2. The molecule has 1 aromatic rings. The standard InChI is InChI=1S/C17H23F3N4O3/c1-3-21-16(23-9-15(25)24(2)11-17(18,19)20)22-8-12-10-26-13-6-4-5-7-14(13)27-12/h4-7,12H,3,8-11H2,1-2H3,(H2,21,22,23). The molecule has 1 aromatic carbocycles. The van der Waals surface area contributed by atoms with Crippen molar-refractivity contribution in [1.29, 1.82) is 0 Å². The Morgan fingerprint density at radius 3 is 2.67 bits per heavy atom. The van der Waals surface area contributed by atoms with Gasteiger partial charge in [-0.05, 0) is 19.1 Å². The number of hydrogen-bond donors (Lipinski definition) is 2. The van der Waals surface area contributed by atoms with Gasteiger partial charge in [-0.15, -0.1) is 0 Å². The van der Waals surface area contributed by atoms with E-state index in [1.807, 2.05) is 25.1 Å². The molecule has 1 atom stereocenters. The SMILES string of the molecule is CCNC(=NCC(=O)N(C)CC(F)(F)F)NCC1COc2ccccc2O1. The van der Waals surface area contributed by atoms with Gasteiger partial charge in [-0.25, -0.2) is 4.99 Å². The maximum Gasteiger partial charge on any atom is 0.406 e. The summed E-state index contributed by atoms with van der Waals surface area (Å²) in [5, 5.41) is 5.94. The average molecular weight is 388 g/mol. The lowest BCUT2D eigenvalue weighted by molar-refractivity contribution is -0.157. The maximum absolute atomic E-state index is 12.3. The number of fused-ring (bicyclic) bond motifs is 1. The number of halogens is 3. The molecule has 0 aliphatic carbocycles. The first kappa shape index (κ1) is 20.7. The first-order valence-electron chi connectivity index (χ1n) is 8.50. The molecule has 0 bridgehead atoms. The van der Waals surface area contributed by atoms with E-state index in [2.05, 4.69) is 15.6 Å². The largest absolute Gasteiger partial charge is 0.486 e. The van der Waals surface area contributed by atoms with Gasteiger partial charge in [-0.1, -0.05) is 12.1 Å². The summed E-state index contributed by atoms with van der Waals surface area (Å²) >= 11 is 0. The fraction of sp³-hybridized carbons (Fsp3) is 0.529. The predicted octanol–water partition coefficient (Wildman–Crippen LogP) is 1.40. The Morgan fingerprint density at radius 1 is 1.30 bits per heavy atom. The van der Waals surface area contributed by atoms with Crippen molar-refractivity contribution >= 4 is 11.9 Å². The van der Waals surface area contributed by atoms with Crippen LogP contribution in [0.3, 0.4) is 0 Å². The molecule has 7 nitrogen and oxygen atoms in total. The van der Waals surface area contributed by atoms with Gasteiger partial charge < -0.3 is 25.0 Å². The van der Waals surface area contributed by atoms with E-state index in [9.17, 15) is 18.0 Å². The Labute approximate surface area is 155 Å². The van der Waals surface area contributed by atoms with E-state index in [-0.39, 0.29) is 6.10 Å². The highest BCUT2D eigenvalue weighted by Crippen LogP contribution is 2.30. The number of ether oxygens (including phenoxy) is 2. The normalized spacial score (nSPS) is 16.6. The highest BCUT2D eigenvalue weighted by Gasteiger charge is 2.31. The third-order valence-corrected chi connectivity index (χ3v) is 3.62. The smallest absolute Gasteiger partial charge is 0.406 e. The lowest BCUT2D eigenvalue weighted by Gasteiger charge is -2.27. The number of nitrogens with one attached hydrogen (secondary N) is 2. The third kappa shape index (κ3) is 6.87. The van der Waals surface area contributed by atoms with E-state index < -0.39 is 25.2 Å². The number of hydrogen-bond acceptors (Lipinski definition) is 4. The van der Waals surface area contributed by atoms with Crippen LogP contribution in [-0.2, 0) is 4.79 Å². The van der Waals surface area contributed by atoms with Gasteiger partial charge in [0.05, 0.1) is 6.54 Å². The van der Waals surface area contributed by atoms with Crippen molar-refractivity contribution in [2.45, 2.75) is 19.2 Å². The average Bonchev–Trinajstić information content (AvgIpc) is 2.62. The lowest BCUT2D eigenvalue weighted by atomic mass is 10.2. The number of amides is 1. The van der Waals surface area contributed by atoms with Crippen LogP contribution in [0, 0.1) is 0 Å². The van der Waals surface area contributed by atoms with Crippen LogP contribution in [0.15, 0.2) is 29.3 Å². The van der Waals surface area contributed by atoms with Gasteiger partial charge >= 0.3 is 6.18 Å². The Morgan fingerprint density at radius 2 is 2.00 bits per heavy atom. The molecule has 0 saturated carbocycles. The van der Waals surface area contributed by atoms with Crippen molar-refractivity contribution in [2.75, 3.05) is 39.8 Å². The summed E-state index contributed by atoms with van der Waals surface area (Å²) in [5.41, 5.74) is 0. The van der Waals surface area contributed by atoms with E-state index in [0.717, 1.165) is 7.05 Å². The molecule has 1 aliphatic rings. The second-order valence-electron chi connectivity index (χ2n) is 5.94. The molecule has 1 aliphatic heterocycles. The summed E-state index contributed by atoms with van der Waals surface area (Å²) in [6.07, 6.45) is -4.71. The Balaban J connectivity index is 1.86. The molecular weight excluding hydrogens is 365 g/mol. The van der Waals surface area contributed by atoms with Crippen LogP contribution < -0.4 is 20.1 Å². The second kappa shape index (κ2) is 9.33. The summed E-state index contributed by atoms with van der Waals surface area (Å²) in [5.74, 6) is 0.901. The van der Waals surface area contributed by atoms with Gasteiger partial charge in [0.15, 0.2) is 17.5 Å².